The van der Waals surface area contributed by atoms with Gasteiger partial charge in [0.1, 0.15) is 0 Å². The third kappa shape index (κ3) is 2.71. The average Bonchev–Trinajstić information content (AvgIpc) is 2.96. The van der Waals surface area contributed by atoms with E-state index in [9.17, 15) is 4.79 Å². The molecule has 2 aliphatic rings. The van der Waals surface area contributed by atoms with E-state index in [1.165, 1.54) is 12.8 Å². The molecule has 0 spiro atoms. The highest BCUT2D eigenvalue weighted by atomic mass is 16.2. The number of nitrogens with one attached hydrogen (secondary N) is 1. The Morgan fingerprint density at radius 1 is 1.33 bits per heavy atom. The first-order chi connectivity index (χ1) is 7.18. The molecule has 1 saturated carbocycles. The number of hydrogen-bond donors (Lipinski definition) is 1. The lowest BCUT2D eigenvalue weighted by Crippen LogP contribution is -2.41. The minimum absolute atomic E-state index is 0.285. The molecule has 0 aromatic heterocycles. The molecule has 0 aromatic carbocycles. The van der Waals surface area contributed by atoms with Gasteiger partial charge in [-0.05, 0) is 44.6 Å². The molecular formula is C12H22N2O. The van der Waals surface area contributed by atoms with E-state index in [2.05, 4.69) is 19.2 Å². The van der Waals surface area contributed by atoms with Gasteiger partial charge in [-0.3, -0.25) is 4.79 Å². The van der Waals surface area contributed by atoms with Gasteiger partial charge < -0.3 is 10.2 Å². The van der Waals surface area contributed by atoms with Gasteiger partial charge in [0.05, 0.1) is 6.54 Å². The first-order valence-corrected chi connectivity index (χ1v) is 6.18. The molecule has 3 nitrogen and oxygen atoms in total. The highest BCUT2D eigenvalue weighted by Gasteiger charge is 2.30. The summed E-state index contributed by atoms with van der Waals surface area (Å²) in [5.74, 6) is 1.80. The van der Waals surface area contributed by atoms with E-state index in [1.54, 1.807) is 0 Å². The van der Waals surface area contributed by atoms with Crippen LogP contribution in [0.1, 0.15) is 33.1 Å². The molecule has 0 radical (unpaired) electrons. The molecule has 0 aromatic rings. The number of carbonyl (C=O) groups excluding carboxylic acids is 1. The van der Waals surface area contributed by atoms with Gasteiger partial charge in [0.25, 0.3) is 0 Å². The fourth-order valence-electron chi connectivity index (χ4n) is 2.25. The third-order valence-electron chi connectivity index (χ3n) is 3.87. The van der Waals surface area contributed by atoms with Crippen LogP contribution in [0.2, 0.25) is 0 Å². The Hall–Kier alpha value is -0.570. The molecule has 2 fully saturated rings. The quantitative estimate of drug-likeness (QED) is 0.757. The number of likely N-dealkylation sites (tertiary alicyclic amines) is 1. The van der Waals surface area contributed by atoms with Crippen LogP contribution < -0.4 is 5.32 Å². The Morgan fingerprint density at radius 3 is 2.60 bits per heavy atom. The molecule has 15 heavy (non-hydrogen) atoms. The summed E-state index contributed by atoms with van der Waals surface area (Å²) in [6.07, 6.45) is 3.85. The van der Waals surface area contributed by atoms with Gasteiger partial charge >= 0.3 is 0 Å². The lowest BCUT2D eigenvalue weighted by molar-refractivity contribution is -0.131. The summed E-state index contributed by atoms with van der Waals surface area (Å²) in [5.41, 5.74) is 0. The molecule has 1 N–H and O–H groups in total. The van der Waals surface area contributed by atoms with Crippen LogP contribution in [0.15, 0.2) is 0 Å². The molecule has 2 rings (SSSR count). The van der Waals surface area contributed by atoms with Gasteiger partial charge in [-0.1, -0.05) is 6.92 Å². The normalized spacial score (nSPS) is 30.9. The summed E-state index contributed by atoms with van der Waals surface area (Å²) in [6, 6.07) is 0.431. The molecule has 1 amide bonds. The molecule has 86 valence electrons. The minimum Gasteiger partial charge on any atom is -0.339 e. The lowest BCUT2D eigenvalue weighted by Gasteiger charge is -2.23. The van der Waals surface area contributed by atoms with Crippen LogP contribution in [0.3, 0.4) is 0 Å². The maximum absolute atomic E-state index is 11.9. The van der Waals surface area contributed by atoms with Gasteiger partial charge in [0, 0.05) is 12.6 Å². The summed E-state index contributed by atoms with van der Waals surface area (Å²) in [5, 5.41) is 3.27. The zero-order valence-electron chi connectivity index (χ0n) is 9.83. The second kappa shape index (κ2) is 4.52. The van der Waals surface area contributed by atoms with Crippen LogP contribution >= 0.6 is 0 Å². The Labute approximate surface area is 92.2 Å². The number of amides is 1. The zero-order chi connectivity index (χ0) is 10.8. The van der Waals surface area contributed by atoms with E-state index in [0.717, 1.165) is 25.4 Å². The number of nitrogens with zero attached hydrogens (tertiary/aromatic N) is 1. The first-order valence-electron chi connectivity index (χ1n) is 6.18. The van der Waals surface area contributed by atoms with Crippen molar-refractivity contribution in [2.24, 2.45) is 11.8 Å². The lowest BCUT2D eigenvalue weighted by atomic mass is 10.1. The summed E-state index contributed by atoms with van der Waals surface area (Å²) in [4.78, 5) is 13.9. The predicted molar refractivity (Wildman–Crippen MR) is 60.5 cm³/mol. The average molecular weight is 210 g/mol. The maximum Gasteiger partial charge on any atom is 0.236 e. The predicted octanol–water partition coefficient (Wildman–Crippen LogP) is 1.24. The Bertz CT molecular complexity index is 238. The summed E-state index contributed by atoms with van der Waals surface area (Å²) >= 11 is 0. The topological polar surface area (TPSA) is 32.3 Å². The van der Waals surface area contributed by atoms with Crippen LogP contribution in [0.25, 0.3) is 0 Å². The van der Waals surface area contributed by atoms with E-state index in [0.29, 0.717) is 18.5 Å². The second-order valence-corrected chi connectivity index (χ2v) is 5.17. The van der Waals surface area contributed by atoms with E-state index < -0.39 is 0 Å². The van der Waals surface area contributed by atoms with Crippen LogP contribution in [-0.4, -0.2) is 36.5 Å². The van der Waals surface area contributed by atoms with Crippen molar-refractivity contribution in [3.05, 3.63) is 0 Å². The molecule has 2 unspecified atom stereocenters. The molecule has 1 heterocycles. The number of rotatable bonds is 4. The number of hydrogen-bond acceptors (Lipinski definition) is 2. The summed E-state index contributed by atoms with van der Waals surface area (Å²) < 4.78 is 0. The third-order valence-corrected chi connectivity index (χ3v) is 3.87. The van der Waals surface area contributed by atoms with Gasteiger partial charge in [-0.2, -0.15) is 0 Å². The van der Waals surface area contributed by atoms with E-state index in [1.807, 2.05) is 4.90 Å². The monoisotopic (exact) mass is 210 g/mol. The van der Waals surface area contributed by atoms with E-state index >= 15 is 0 Å². The van der Waals surface area contributed by atoms with Gasteiger partial charge in [0.2, 0.25) is 5.91 Å². The SMILES string of the molecule is CC1CCN(C(=O)CNCC2CC2)C1C. The Kier molecular flexibility index (Phi) is 3.29. The van der Waals surface area contributed by atoms with Gasteiger partial charge in [-0.25, -0.2) is 0 Å². The molecule has 1 aliphatic carbocycles. The Balaban J connectivity index is 1.70. The van der Waals surface area contributed by atoms with Gasteiger partial charge in [0.15, 0.2) is 0 Å². The maximum atomic E-state index is 11.9. The fourth-order valence-corrected chi connectivity index (χ4v) is 2.25. The van der Waals surface area contributed by atoms with Crippen LogP contribution in [0, 0.1) is 11.8 Å². The molecule has 3 heteroatoms. The van der Waals surface area contributed by atoms with Crippen molar-refractivity contribution >= 4 is 5.91 Å². The fraction of sp³-hybridized carbons (Fsp3) is 0.917. The van der Waals surface area contributed by atoms with E-state index in [-0.39, 0.29) is 5.91 Å². The first kappa shape index (κ1) is 10.9. The highest BCUT2D eigenvalue weighted by Crippen LogP contribution is 2.27. The van der Waals surface area contributed by atoms with Gasteiger partial charge in [-0.15, -0.1) is 0 Å². The molecular weight excluding hydrogens is 188 g/mol. The van der Waals surface area contributed by atoms with Crippen molar-refractivity contribution in [2.45, 2.75) is 39.2 Å². The van der Waals surface area contributed by atoms with Crippen molar-refractivity contribution in [2.75, 3.05) is 19.6 Å². The van der Waals surface area contributed by atoms with Crippen LogP contribution in [0.5, 0.6) is 0 Å². The van der Waals surface area contributed by atoms with Crippen molar-refractivity contribution < 1.29 is 4.79 Å². The smallest absolute Gasteiger partial charge is 0.236 e. The highest BCUT2D eigenvalue weighted by molar-refractivity contribution is 5.78. The standard InChI is InChI=1S/C12H22N2O/c1-9-5-6-14(10(9)2)12(15)8-13-7-11-3-4-11/h9-11,13H,3-8H2,1-2H3. The van der Waals surface area contributed by atoms with Crippen LogP contribution in [-0.2, 0) is 4.79 Å². The second-order valence-electron chi connectivity index (χ2n) is 5.17. The molecule has 1 aliphatic heterocycles. The van der Waals surface area contributed by atoms with Crippen molar-refractivity contribution in [1.82, 2.24) is 10.2 Å². The van der Waals surface area contributed by atoms with Crippen LogP contribution in [0.4, 0.5) is 0 Å². The van der Waals surface area contributed by atoms with E-state index in [4.69, 9.17) is 0 Å². The molecule has 0 bridgehead atoms. The minimum atomic E-state index is 0.285. The Morgan fingerprint density at radius 2 is 2.07 bits per heavy atom. The number of carbonyl (C=O) groups is 1. The summed E-state index contributed by atoms with van der Waals surface area (Å²) in [6.45, 7) is 6.91. The molecule has 1 saturated heterocycles. The van der Waals surface area contributed by atoms with Crippen molar-refractivity contribution in [1.29, 1.82) is 0 Å². The zero-order valence-corrected chi connectivity index (χ0v) is 9.83. The largest absolute Gasteiger partial charge is 0.339 e. The summed E-state index contributed by atoms with van der Waals surface area (Å²) in [7, 11) is 0. The van der Waals surface area contributed by atoms with Crippen molar-refractivity contribution in [3.8, 4) is 0 Å². The van der Waals surface area contributed by atoms with Crippen molar-refractivity contribution in [3.63, 3.8) is 0 Å². The molecule has 2 atom stereocenters.